The summed E-state index contributed by atoms with van der Waals surface area (Å²) in [6.45, 7) is 3.62. The lowest BCUT2D eigenvalue weighted by Crippen LogP contribution is -2.58. The zero-order chi connectivity index (χ0) is 31.8. The number of methoxy groups -OCH3 is 1. The van der Waals surface area contributed by atoms with Gasteiger partial charge in [0.05, 0.1) is 12.4 Å². The maximum Gasteiger partial charge on any atom is 0.417 e. The molecule has 0 radical (unpaired) electrons. The summed E-state index contributed by atoms with van der Waals surface area (Å²) in [6.07, 6.45) is 0.746. The number of amides is 4. The maximum absolute atomic E-state index is 13.8. The highest BCUT2D eigenvalue weighted by atomic mass is 32.1. The summed E-state index contributed by atoms with van der Waals surface area (Å²) in [7, 11) is 2.78. The molecule has 0 aliphatic rings. The van der Waals surface area contributed by atoms with E-state index in [0.717, 1.165) is 10.5 Å². The van der Waals surface area contributed by atoms with Crippen LogP contribution in [0, 0.1) is 5.92 Å². The van der Waals surface area contributed by atoms with E-state index in [1.54, 1.807) is 24.3 Å². The number of rotatable bonds is 16. The predicted octanol–water partition coefficient (Wildman–Crippen LogP) is 4.07. The van der Waals surface area contributed by atoms with Crippen LogP contribution < -0.4 is 10.6 Å². The third-order valence-corrected chi connectivity index (χ3v) is 7.21. The molecule has 2 aromatic carbocycles. The van der Waals surface area contributed by atoms with Gasteiger partial charge in [0.15, 0.2) is 0 Å². The number of nitrogens with one attached hydrogen (secondary N) is 2. The number of imide groups is 1. The smallest absolute Gasteiger partial charge is 0.417 e. The van der Waals surface area contributed by atoms with Crippen LogP contribution in [-0.2, 0) is 41.7 Å². The number of unbranched alkanes of at least 4 members (excludes halogenated alkanes) is 1. The summed E-state index contributed by atoms with van der Waals surface area (Å²) >= 11 is 4.47. The van der Waals surface area contributed by atoms with Crippen LogP contribution in [0.5, 0.6) is 0 Å². The number of esters is 1. The first kappa shape index (κ1) is 35.3. The number of hydrogen-bond acceptors (Lipinski definition) is 8. The van der Waals surface area contributed by atoms with Crippen molar-refractivity contribution in [3.63, 3.8) is 0 Å². The zero-order valence-corrected chi connectivity index (χ0v) is 26.2. The number of carbonyl (C=O) groups excluding carboxylic acids is 5. The van der Waals surface area contributed by atoms with Gasteiger partial charge in [-0.15, -0.1) is 0 Å². The van der Waals surface area contributed by atoms with Gasteiger partial charge in [0.25, 0.3) is 0 Å². The summed E-state index contributed by atoms with van der Waals surface area (Å²) in [6, 6.07) is 16.0. The second kappa shape index (κ2) is 18.6. The first-order valence-electron chi connectivity index (χ1n) is 14.4. The molecular weight excluding hydrogens is 570 g/mol. The molecular formula is C32H43N3O7S. The normalized spacial score (nSPS) is 12.9. The van der Waals surface area contributed by atoms with Crippen molar-refractivity contribution in [2.75, 3.05) is 14.2 Å². The van der Waals surface area contributed by atoms with Gasteiger partial charge in [0.2, 0.25) is 17.7 Å². The molecule has 3 atom stereocenters. The lowest BCUT2D eigenvalue weighted by molar-refractivity contribution is -0.140. The van der Waals surface area contributed by atoms with E-state index in [1.165, 1.54) is 14.2 Å². The van der Waals surface area contributed by atoms with E-state index in [4.69, 9.17) is 4.74 Å². The van der Waals surface area contributed by atoms with Crippen molar-refractivity contribution in [2.45, 2.75) is 76.3 Å². The second-order valence-electron chi connectivity index (χ2n) is 10.6. The molecule has 0 heterocycles. The van der Waals surface area contributed by atoms with Gasteiger partial charge < -0.3 is 20.1 Å². The Morgan fingerprint density at radius 1 is 0.884 bits per heavy atom. The first-order valence-corrected chi connectivity index (χ1v) is 14.9. The van der Waals surface area contributed by atoms with Gasteiger partial charge in [-0.2, -0.15) is 12.6 Å². The number of hydrogen-bond donors (Lipinski definition) is 3. The van der Waals surface area contributed by atoms with E-state index < -0.39 is 41.1 Å². The van der Waals surface area contributed by atoms with E-state index in [1.807, 2.05) is 50.2 Å². The number of likely N-dealkylation sites (N-methyl/N-ethyl adjacent to an activating group) is 1. The molecule has 0 bridgehead atoms. The maximum atomic E-state index is 13.8. The fourth-order valence-electron chi connectivity index (χ4n) is 4.43. The molecule has 0 saturated heterocycles. The van der Waals surface area contributed by atoms with E-state index in [2.05, 4.69) is 28.0 Å². The third-order valence-electron chi connectivity index (χ3n) is 6.73. The summed E-state index contributed by atoms with van der Waals surface area (Å²) in [4.78, 5) is 66.2. The topological polar surface area (TPSA) is 131 Å². The van der Waals surface area contributed by atoms with Crippen LogP contribution in [0.1, 0.15) is 57.1 Å². The monoisotopic (exact) mass is 613 g/mol. The Morgan fingerprint density at radius 3 is 2.05 bits per heavy atom. The van der Waals surface area contributed by atoms with Crippen LogP contribution in [0.25, 0.3) is 0 Å². The van der Waals surface area contributed by atoms with Crippen LogP contribution in [0.3, 0.4) is 0 Å². The number of thiol groups is 1. The molecule has 2 N–H and O–H groups in total. The molecule has 0 aliphatic heterocycles. The predicted molar refractivity (Wildman–Crippen MR) is 166 cm³/mol. The number of nitrogens with zero attached hydrogens (tertiary/aromatic N) is 1. The number of benzene rings is 2. The summed E-state index contributed by atoms with van der Waals surface area (Å²) in [5.74, 6) is -2.22. The summed E-state index contributed by atoms with van der Waals surface area (Å²) < 4.78 is 10.2. The standard InChI is InChI=1S/C32H43N3O7S/c1-22(2)19-26(30(38)34-25(29(37)33-3)20-23-13-7-5-8-14-23)35(32(40)42-21-24-15-9-6-10-16-24)31(39)27(43)17-11-12-18-28(36)41-4/h5-10,13-16,22,25-27,43H,11-12,17-21H2,1-4H3,(H,33,37)(H,34,38)/t25-,26-,27?/m0/s1. The largest absolute Gasteiger partial charge is 0.469 e. The molecule has 0 aromatic heterocycles. The van der Waals surface area contributed by atoms with Crippen molar-refractivity contribution in [1.82, 2.24) is 15.5 Å². The van der Waals surface area contributed by atoms with Gasteiger partial charge in [-0.05, 0) is 36.3 Å². The summed E-state index contributed by atoms with van der Waals surface area (Å²) in [5.41, 5.74) is 1.54. The van der Waals surface area contributed by atoms with E-state index in [0.29, 0.717) is 18.4 Å². The Hall–Kier alpha value is -3.86. The fraction of sp³-hybridized carbons (Fsp3) is 0.469. The van der Waals surface area contributed by atoms with Crippen LogP contribution in [0.15, 0.2) is 60.7 Å². The quantitative estimate of drug-likeness (QED) is 0.148. The Labute approximate surface area is 259 Å². The molecule has 43 heavy (non-hydrogen) atoms. The highest BCUT2D eigenvalue weighted by Crippen LogP contribution is 2.21. The molecule has 0 fully saturated rings. The molecule has 234 valence electrons. The molecule has 11 heteroatoms. The Morgan fingerprint density at radius 2 is 1.49 bits per heavy atom. The van der Waals surface area contributed by atoms with E-state index in [-0.39, 0.29) is 44.2 Å². The van der Waals surface area contributed by atoms with Gasteiger partial charge in [0, 0.05) is 19.9 Å². The van der Waals surface area contributed by atoms with E-state index in [9.17, 15) is 24.0 Å². The first-order chi connectivity index (χ1) is 20.6. The molecule has 0 aliphatic carbocycles. The Balaban J connectivity index is 2.34. The van der Waals surface area contributed by atoms with Crippen LogP contribution in [0.2, 0.25) is 0 Å². The molecule has 10 nitrogen and oxygen atoms in total. The molecule has 1 unspecified atom stereocenters. The minimum atomic E-state index is -1.26. The fourth-order valence-corrected chi connectivity index (χ4v) is 4.74. The average molecular weight is 614 g/mol. The third kappa shape index (κ3) is 12.1. The lowest BCUT2D eigenvalue weighted by atomic mass is 9.99. The molecule has 0 saturated carbocycles. The average Bonchev–Trinajstić information content (AvgIpc) is 3.01. The minimum absolute atomic E-state index is 0.0982. The number of ether oxygens (including phenoxy) is 2. The van der Waals surface area contributed by atoms with Crippen molar-refractivity contribution >= 4 is 42.4 Å². The highest BCUT2D eigenvalue weighted by Gasteiger charge is 2.39. The van der Waals surface area contributed by atoms with Gasteiger partial charge in [-0.1, -0.05) is 80.9 Å². The van der Waals surface area contributed by atoms with Crippen LogP contribution in [-0.4, -0.2) is 66.2 Å². The highest BCUT2D eigenvalue weighted by molar-refractivity contribution is 7.81. The van der Waals surface area contributed by atoms with Gasteiger partial charge in [0.1, 0.15) is 18.7 Å². The Kier molecular flexibility index (Phi) is 15.3. The van der Waals surface area contributed by atoms with Gasteiger partial charge >= 0.3 is 12.1 Å². The van der Waals surface area contributed by atoms with Crippen molar-refractivity contribution in [2.24, 2.45) is 5.92 Å². The summed E-state index contributed by atoms with van der Waals surface area (Å²) in [5, 5.41) is 4.40. The van der Waals surface area contributed by atoms with Crippen molar-refractivity contribution in [3.05, 3.63) is 71.8 Å². The van der Waals surface area contributed by atoms with Crippen LogP contribution >= 0.6 is 12.6 Å². The van der Waals surface area contributed by atoms with Crippen molar-refractivity contribution in [3.8, 4) is 0 Å². The van der Waals surface area contributed by atoms with Gasteiger partial charge in [-0.3, -0.25) is 19.2 Å². The minimum Gasteiger partial charge on any atom is -0.469 e. The second-order valence-corrected chi connectivity index (χ2v) is 11.2. The lowest BCUT2D eigenvalue weighted by Gasteiger charge is -2.32. The number of carbonyl (C=O) groups is 5. The van der Waals surface area contributed by atoms with E-state index >= 15 is 0 Å². The zero-order valence-electron chi connectivity index (χ0n) is 25.3. The van der Waals surface area contributed by atoms with Gasteiger partial charge in [-0.25, -0.2) is 9.69 Å². The molecule has 2 rings (SSSR count). The molecule has 4 amide bonds. The molecule has 2 aromatic rings. The van der Waals surface area contributed by atoms with Crippen molar-refractivity contribution < 1.29 is 33.4 Å². The molecule has 0 spiro atoms. The Bertz CT molecular complexity index is 1190. The van der Waals surface area contributed by atoms with Crippen LogP contribution in [0.4, 0.5) is 4.79 Å². The SMILES string of the molecule is CNC(=O)[C@H](Cc1ccccc1)NC(=O)[C@H](CC(C)C)N(C(=O)OCc1ccccc1)C(=O)C(S)CCCCC(=O)OC. The van der Waals surface area contributed by atoms with Crippen molar-refractivity contribution in [1.29, 1.82) is 0 Å².